The molecule has 0 spiro atoms. The van der Waals surface area contributed by atoms with Gasteiger partial charge in [-0.2, -0.15) is 10.5 Å². The standard InChI is InChI=1S/C41H57B2N5O6P2S/c1-6-31-19-20-34(31)41(32-15-9-7-10-16-32,33-17-11-8-12-18-33)46-35-25-39(42)54-38(35)28-52-56(57,51-24-14-22-45)47-36-26-40(43)53-37(36)27-50-55(49-23-13-21-44)48(29(2)3)30(4)5/h6-12,15-20,29-30,35-40,46H,1,13-14,23-28,42-43H2,2-5H3,(H,47,57)/t35-,36-,37?,38?,39-,40-,55?,56?/m1/s1. The minimum Gasteiger partial charge on any atom is -0.380 e. The summed E-state index contributed by atoms with van der Waals surface area (Å²) in [6.07, 6.45) is 7.29. The van der Waals surface area contributed by atoms with Gasteiger partial charge in [0, 0.05) is 36.2 Å². The van der Waals surface area contributed by atoms with Crippen molar-refractivity contribution in [1.29, 1.82) is 10.5 Å². The lowest BCUT2D eigenvalue weighted by atomic mass is 9.70. The second-order valence-corrected chi connectivity index (χ2v) is 19.9. The second-order valence-electron chi connectivity index (χ2n) is 15.2. The van der Waals surface area contributed by atoms with Crippen LogP contribution in [-0.2, 0) is 44.9 Å². The molecular formula is C41H57B2N5O6P2S. The van der Waals surface area contributed by atoms with Crippen LogP contribution in [0.1, 0.15) is 64.5 Å². The molecule has 11 nitrogen and oxygen atoms in total. The van der Waals surface area contributed by atoms with Crippen LogP contribution < -0.4 is 10.4 Å². The first-order valence-corrected chi connectivity index (χ1v) is 23.7. The summed E-state index contributed by atoms with van der Waals surface area (Å²) in [5.74, 6) is 0. The molecule has 2 aliphatic heterocycles. The van der Waals surface area contributed by atoms with Crippen molar-refractivity contribution in [1.82, 2.24) is 15.1 Å². The molecule has 8 atom stereocenters. The highest BCUT2D eigenvalue weighted by molar-refractivity contribution is 8.09. The van der Waals surface area contributed by atoms with Crippen molar-refractivity contribution in [3.8, 4) is 12.1 Å². The van der Waals surface area contributed by atoms with Gasteiger partial charge in [0.05, 0.1) is 69.2 Å². The lowest BCUT2D eigenvalue weighted by molar-refractivity contribution is 0.0305. The first kappa shape index (κ1) is 45.6. The number of benzene rings is 2. The van der Waals surface area contributed by atoms with E-state index in [1.54, 1.807) is 0 Å². The number of nitriles is 2. The number of rotatable bonds is 23. The Morgan fingerprint density at radius 1 is 0.877 bits per heavy atom. The highest BCUT2D eigenvalue weighted by atomic mass is 32.5. The van der Waals surface area contributed by atoms with Crippen molar-refractivity contribution in [2.24, 2.45) is 0 Å². The highest BCUT2D eigenvalue weighted by Gasteiger charge is 2.47. The van der Waals surface area contributed by atoms with Gasteiger partial charge in [-0.05, 0) is 74.6 Å². The quantitative estimate of drug-likeness (QED) is 0.0791. The van der Waals surface area contributed by atoms with E-state index in [2.05, 4.69) is 130 Å². The van der Waals surface area contributed by atoms with E-state index in [0.29, 0.717) is 6.42 Å². The lowest BCUT2D eigenvalue weighted by Crippen LogP contribution is -2.54. The molecule has 304 valence electrons. The zero-order valence-electron chi connectivity index (χ0n) is 34.1. The van der Waals surface area contributed by atoms with E-state index in [0.717, 1.165) is 28.7 Å². The van der Waals surface area contributed by atoms with E-state index in [1.165, 1.54) is 0 Å². The summed E-state index contributed by atoms with van der Waals surface area (Å²) in [5.41, 5.74) is 3.73. The highest BCUT2D eigenvalue weighted by Crippen LogP contribution is 2.50. The molecule has 2 fully saturated rings. The summed E-state index contributed by atoms with van der Waals surface area (Å²) in [6.45, 7) is 10.2. The van der Waals surface area contributed by atoms with E-state index in [1.807, 2.05) is 26.1 Å². The Morgan fingerprint density at radius 3 is 1.96 bits per heavy atom. The lowest BCUT2D eigenvalue weighted by Gasteiger charge is -2.44. The first-order valence-electron chi connectivity index (χ1n) is 19.9. The average molecular weight is 832 g/mol. The van der Waals surface area contributed by atoms with E-state index in [4.69, 9.17) is 44.6 Å². The van der Waals surface area contributed by atoms with Crippen LogP contribution in [0, 0.1) is 22.7 Å². The molecular weight excluding hydrogens is 774 g/mol. The molecule has 2 saturated heterocycles. The van der Waals surface area contributed by atoms with Crippen LogP contribution in [0.5, 0.6) is 0 Å². The van der Waals surface area contributed by atoms with Gasteiger partial charge in [0.15, 0.2) is 0 Å². The van der Waals surface area contributed by atoms with Gasteiger partial charge in [-0.3, -0.25) is 5.32 Å². The van der Waals surface area contributed by atoms with Crippen LogP contribution in [0.4, 0.5) is 0 Å². The molecule has 1 aliphatic carbocycles. The molecule has 0 radical (unpaired) electrons. The zero-order valence-corrected chi connectivity index (χ0v) is 36.7. The number of nitrogens with one attached hydrogen (secondary N) is 2. The summed E-state index contributed by atoms with van der Waals surface area (Å²) >= 11 is 6.21. The van der Waals surface area contributed by atoms with E-state index >= 15 is 0 Å². The van der Waals surface area contributed by atoms with Crippen LogP contribution in [0.25, 0.3) is 0 Å². The number of ether oxygens (including phenoxy) is 2. The van der Waals surface area contributed by atoms with Crippen molar-refractivity contribution < 1.29 is 27.6 Å². The molecule has 2 aromatic carbocycles. The minimum absolute atomic E-state index is 0.0393. The predicted molar refractivity (Wildman–Crippen MR) is 235 cm³/mol. The summed E-state index contributed by atoms with van der Waals surface area (Å²) in [4.78, 5) is 0. The maximum atomic E-state index is 9.39. The molecule has 57 heavy (non-hydrogen) atoms. The van der Waals surface area contributed by atoms with Crippen molar-refractivity contribution in [2.45, 2.75) is 107 Å². The fourth-order valence-corrected chi connectivity index (χ4v) is 11.8. The smallest absolute Gasteiger partial charge is 0.261 e. The molecule has 2 aromatic rings. The van der Waals surface area contributed by atoms with Gasteiger partial charge in [-0.1, -0.05) is 85.5 Å². The Balaban J connectivity index is 1.36. The van der Waals surface area contributed by atoms with Crippen LogP contribution in [0.15, 0.2) is 96.6 Å². The Bertz CT molecular complexity index is 1770. The number of nitrogens with zero attached hydrogens (tertiary/aromatic N) is 3. The molecule has 0 saturated carbocycles. The zero-order chi connectivity index (χ0) is 41.0. The largest absolute Gasteiger partial charge is 0.380 e. The number of hydrogen-bond acceptors (Lipinski definition) is 11. The third-order valence-electron chi connectivity index (χ3n) is 10.3. The SMILES string of the molecule is B[C@H]1C[C@@H](NC(C2=CC=C2C=C)(c2ccccc2)c2ccccc2)C(COP(=S)(N[C@@H]2C[C@H](B)OC2COP(OCCC#N)N(C(C)C)C(C)C)OCCC#N)O1. The molecule has 16 heteroatoms. The van der Waals surface area contributed by atoms with Crippen molar-refractivity contribution >= 4 is 42.7 Å². The second kappa shape index (κ2) is 21.7. The summed E-state index contributed by atoms with van der Waals surface area (Å²) in [7, 11) is 2.64. The van der Waals surface area contributed by atoms with Crippen molar-refractivity contribution in [3.63, 3.8) is 0 Å². The topological polar surface area (TPSA) is 130 Å². The van der Waals surface area contributed by atoms with E-state index in [-0.39, 0.29) is 87.7 Å². The van der Waals surface area contributed by atoms with Crippen LogP contribution in [0.3, 0.4) is 0 Å². The van der Waals surface area contributed by atoms with E-state index < -0.39 is 20.7 Å². The Kier molecular flexibility index (Phi) is 17.3. The van der Waals surface area contributed by atoms with Gasteiger partial charge in [-0.15, -0.1) is 0 Å². The fourth-order valence-electron chi connectivity index (χ4n) is 7.82. The van der Waals surface area contributed by atoms with Crippen LogP contribution in [-0.4, -0.2) is 95.2 Å². The van der Waals surface area contributed by atoms with Gasteiger partial charge in [-0.25, -0.2) is 9.76 Å². The summed E-state index contributed by atoms with van der Waals surface area (Å²) in [6, 6.07) is 25.1. The molecule has 4 unspecified atom stereocenters. The Hall–Kier alpha value is -2.51. The summed E-state index contributed by atoms with van der Waals surface area (Å²) in [5, 5.41) is 26.2. The van der Waals surface area contributed by atoms with Gasteiger partial charge in [0.2, 0.25) is 0 Å². The summed E-state index contributed by atoms with van der Waals surface area (Å²) < 4.78 is 40.7. The molecule has 3 aliphatic rings. The number of allylic oxidation sites excluding steroid dienone is 3. The first-order chi connectivity index (χ1) is 27.4. The maximum Gasteiger partial charge on any atom is 0.261 e. The van der Waals surface area contributed by atoms with Crippen LogP contribution >= 0.6 is 15.2 Å². The number of hydrogen-bond donors (Lipinski definition) is 2. The van der Waals surface area contributed by atoms with Gasteiger partial charge >= 0.3 is 0 Å². The van der Waals surface area contributed by atoms with Gasteiger partial charge in [0.25, 0.3) is 15.2 Å². The minimum atomic E-state index is -3.19. The average Bonchev–Trinajstić information content (AvgIpc) is 3.71. The van der Waals surface area contributed by atoms with Crippen molar-refractivity contribution in [3.05, 3.63) is 108 Å². The molecule has 5 rings (SSSR count). The Labute approximate surface area is 348 Å². The maximum absolute atomic E-state index is 9.39. The third-order valence-corrected chi connectivity index (χ3v) is 15.0. The predicted octanol–water partition coefficient (Wildman–Crippen LogP) is 5.86. The van der Waals surface area contributed by atoms with Crippen molar-refractivity contribution in [2.75, 3.05) is 26.4 Å². The van der Waals surface area contributed by atoms with Crippen LogP contribution in [0.2, 0.25) is 0 Å². The molecule has 0 amide bonds. The molecule has 0 bridgehead atoms. The third kappa shape index (κ3) is 11.6. The molecule has 0 aromatic heterocycles. The van der Waals surface area contributed by atoms with E-state index in [9.17, 15) is 5.26 Å². The van der Waals surface area contributed by atoms with Gasteiger partial charge in [0.1, 0.15) is 15.7 Å². The fraction of sp³-hybridized carbons (Fsp3) is 0.512. The Morgan fingerprint density at radius 2 is 1.44 bits per heavy atom. The molecule has 2 heterocycles. The monoisotopic (exact) mass is 831 g/mol. The normalized spacial score (nSPS) is 25.0. The van der Waals surface area contributed by atoms with Gasteiger partial charge < -0.3 is 27.6 Å². The molecule has 2 N–H and O–H groups in total.